The summed E-state index contributed by atoms with van der Waals surface area (Å²) in [5.74, 6) is 3.94. The second-order valence-electron chi connectivity index (χ2n) is 3.38. The number of hydrogen-bond acceptors (Lipinski definition) is 2. The molecule has 1 N–H and O–H groups in total. The number of terminal acetylenes is 1. The van der Waals surface area contributed by atoms with Gasteiger partial charge in [-0.2, -0.15) is 13.2 Å². The minimum Gasteiger partial charge on any atom is -0.383 e. The average molecular weight is 338 g/mol. The van der Waals surface area contributed by atoms with Gasteiger partial charge in [-0.05, 0) is 34.1 Å². The van der Waals surface area contributed by atoms with Gasteiger partial charge in [0.2, 0.25) is 0 Å². The van der Waals surface area contributed by atoms with Gasteiger partial charge in [-0.1, -0.05) is 5.92 Å². The molecular weight excluding hydrogens is 327 g/mol. The molecule has 1 aromatic rings. The predicted octanol–water partition coefficient (Wildman–Crippen LogP) is 4.25. The van der Waals surface area contributed by atoms with Gasteiger partial charge in [0.1, 0.15) is 0 Å². The predicted molar refractivity (Wildman–Crippen MR) is 73.8 cm³/mol. The van der Waals surface area contributed by atoms with Gasteiger partial charge in [0.25, 0.3) is 0 Å². The van der Waals surface area contributed by atoms with Crippen LogP contribution in [0.5, 0.6) is 0 Å². The quantitative estimate of drug-likeness (QED) is 0.636. The molecule has 0 bridgehead atoms. The Hall–Kier alpha value is -0.800. The van der Waals surface area contributed by atoms with Crippen molar-refractivity contribution in [3.8, 4) is 12.3 Å². The topological polar surface area (TPSA) is 12.0 Å². The molecule has 0 aliphatic rings. The Balaban J connectivity index is 2.56. The SMILES string of the molecule is C#CCSCCNc1ccc(C(F)(F)F)cc1Br. The van der Waals surface area contributed by atoms with E-state index in [0.29, 0.717) is 22.5 Å². The molecule has 0 aromatic heterocycles. The fourth-order valence-electron chi connectivity index (χ4n) is 1.22. The molecule has 0 spiro atoms. The summed E-state index contributed by atoms with van der Waals surface area (Å²) in [4.78, 5) is 0. The van der Waals surface area contributed by atoms with Crippen molar-refractivity contribution in [2.24, 2.45) is 0 Å². The van der Waals surface area contributed by atoms with Gasteiger partial charge in [0.15, 0.2) is 0 Å². The molecular formula is C12H11BrF3NS. The molecule has 98 valence electrons. The fraction of sp³-hybridized carbons (Fsp3) is 0.333. The molecule has 0 aliphatic carbocycles. The number of benzene rings is 1. The van der Waals surface area contributed by atoms with Gasteiger partial charge in [-0.25, -0.2) is 0 Å². The zero-order valence-electron chi connectivity index (χ0n) is 9.35. The lowest BCUT2D eigenvalue weighted by molar-refractivity contribution is -0.137. The Kier molecular flexibility index (Phi) is 5.89. The highest BCUT2D eigenvalue weighted by Crippen LogP contribution is 2.33. The number of anilines is 1. The van der Waals surface area contributed by atoms with Crippen LogP contribution in [-0.4, -0.2) is 18.1 Å². The first kappa shape index (κ1) is 15.3. The van der Waals surface area contributed by atoms with Crippen LogP contribution in [0.15, 0.2) is 22.7 Å². The van der Waals surface area contributed by atoms with Crippen LogP contribution in [0.1, 0.15) is 5.56 Å². The van der Waals surface area contributed by atoms with Crippen molar-refractivity contribution in [2.75, 3.05) is 23.4 Å². The molecule has 1 aromatic carbocycles. The van der Waals surface area contributed by atoms with Crippen LogP contribution in [0.25, 0.3) is 0 Å². The number of rotatable bonds is 5. The highest BCUT2D eigenvalue weighted by molar-refractivity contribution is 9.10. The average Bonchev–Trinajstić information content (AvgIpc) is 2.29. The molecule has 1 rings (SSSR count). The van der Waals surface area contributed by atoms with Crippen LogP contribution < -0.4 is 5.32 Å². The summed E-state index contributed by atoms with van der Waals surface area (Å²) in [6.07, 6.45) is 0.782. The molecule has 0 saturated heterocycles. The van der Waals surface area contributed by atoms with E-state index in [-0.39, 0.29) is 0 Å². The largest absolute Gasteiger partial charge is 0.416 e. The summed E-state index contributed by atoms with van der Waals surface area (Å²) >= 11 is 4.71. The number of hydrogen-bond donors (Lipinski definition) is 1. The van der Waals surface area contributed by atoms with E-state index < -0.39 is 11.7 Å². The number of halogens is 4. The van der Waals surface area contributed by atoms with Gasteiger partial charge in [0.05, 0.1) is 11.3 Å². The van der Waals surface area contributed by atoms with Crippen molar-refractivity contribution in [1.82, 2.24) is 0 Å². The summed E-state index contributed by atoms with van der Waals surface area (Å²) in [5, 5.41) is 3.05. The van der Waals surface area contributed by atoms with Crippen molar-refractivity contribution in [1.29, 1.82) is 0 Å². The van der Waals surface area contributed by atoms with Crippen LogP contribution in [0, 0.1) is 12.3 Å². The highest BCUT2D eigenvalue weighted by atomic mass is 79.9. The monoisotopic (exact) mass is 337 g/mol. The lowest BCUT2D eigenvalue weighted by Gasteiger charge is -2.11. The van der Waals surface area contributed by atoms with E-state index in [1.807, 2.05) is 0 Å². The van der Waals surface area contributed by atoms with Crippen molar-refractivity contribution in [3.63, 3.8) is 0 Å². The Morgan fingerprint density at radius 2 is 2.11 bits per heavy atom. The van der Waals surface area contributed by atoms with E-state index in [4.69, 9.17) is 6.42 Å². The maximum atomic E-state index is 12.4. The van der Waals surface area contributed by atoms with Crippen LogP contribution in [-0.2, 0) is 6.18 Å². The van der Waals surface area contributed by atoms with Gasteiger partial charge in [-0.15, -0.1) is 18.2 Å². The van der Waals surface area contributed by atoms with E-state index in [9.17, 15) is 13.2 Å². The summed E-state index contributed by atoms with van der Waals surface area (Å²) in [6, 6.07) is 3.54. The maximum absolute atomic E-state index is 12.4. The van der Waals surface area contributed by atoms with Crippen molar-refractivity contribution < 1.29 is 13.2 Å². The van der Waals surface area contributed by atoms with Gasteiger partial charge < -0.3 is 5.32 Å². The van der Waals surface area contributed by atoms with Crippen LogP contribution in [0.2, 0.25) is 0 Å². The molecule has 0 unspecified atom stereocenters. The smallest absolute Gasteiger partial charge is 0.383 e. The highest BCUT2D eigenvalue weighted by Gasteiger charge is 2.30. The second-order valence-corrected chi connectivity index (χ2v) is 5.34. The van der Waals surface area contributed by atoms with E-state index >= 15 is 0 Å². The third kappa shape index (κ3) is 4.83. The molecule has 6 heteroatoms. The van der Waals surface area contributed by atoms with Crippen LogP contribution >= 0.6 is 27.7 Å². The molecule has 0 heterocycles. The first-order chi connectivity index (χ1) is 8.45. The number of alkyl halides is 3. The minimum absolute atomic E-state index is 0.402. The van der Waals surface area contributed by atoms with E-state index in [0.717, 1.165) is 17.9 Å². The van der Waals surface area contributed by atoms with Crippen molar-refractivity contribution in [2.45, 2.75) is 6.18 Å². The maximum Gasteiger partial charge on any atom is 0.416 e. The molecule has 1 nitrogen and oxygen atoms in total. The van der Waals surface area contributed by atoms with E-state index in [1.54, 1.807) is 11.8 Å². The molecule has 0 amide bonds. The van der Waals surface area contributed by atoms with Crippen molar-refractivity contribution in [3.05, 3.63) is 28.2 Å². The molecule has 0 aliphatic heterocycles. The standard InChI is InChI=1S/C12H11BrF3NS/c1-2-6-18-7-5-17-11-4-3-9(8-10(11)13)12(14,15)16/h1,3-4,8,17H,5-7H2. The normalized spacial score (nSPS) is 11.1. The Morgan fingerprint density at radius 3 is 2.67 bits per heavy atom. The first-order valence-corrected chi connectivity index (χ1v) is 7.01. The molecule has 0 atom stereocenters. The number of nitrogens with one attached hydrogen (secondary N) is 1. The van der Waals surface area contributed by atoms with Gasteiger partial charge in [-0.3, -0.25) is 0 Å². The fourth-order valence-corrected chi connectivity index (χ4v) is 2.25. The van der Waals surface area contributed by atoms with Gasteiger partial charge in [0, 0.05) is 22.5 Å². The third-order valence-electron chi connectivity index (χ3n) is 2.04. The Labute approximate surface area is 117 Å². The Bertz CT molecular complexity index is 440. The summed E-state index contributed by atoms with van der Waals surface area (Å²) in [6.45, 7) is 0.649. The zero-order chi connectivity index (χ0) is 13.6. The lowest BCUT2D eigenvalue weighted by Crippen LogP contribution is -2.08. The minimum atomic E-state index is -4.32. The summed E-state index contributed by atoms with van der Waals surface area (Å²) in [5.41, 5.74) is -0.0223. The zero-order valence-corrected chi connectivity index (χ0v) is 11.8. The van der Waals surface area contributed by atoms with E-state index in [1.165, 1.54) is 6.07 Å². The van der Waals surface area contributed by atoms with Crippen LogP contribution in [0.4, 0.5) is 18.9 Å². The van der Waals surface area contributed by atoms with Crippen LogP contribution in [0.3, 0.4) is 0 Å². The van der Waals surface area contributed by atoms with Crippen molar-refractivity contribution >= 4 is 33.4 Å². The van der Waals surface area contributed by atoms with E-state index in [2.05, 4.69) is 27.2 Å². The molecule has 18 heavy (non-hydrogen) atoms. The number of thioether (sulfide) groups is 1. The lowest BCUT2D eigenvalue weighted by atomic mass is 10.2. The second kappa shape index (κ2) is 6.95. The molecule has 0 fully saturated rings. The summed E-state index contributed by atoms with van der Waals surface area (Å²) in [7, 11) is 0. The molecule has 0 saturated carbocycles. The summed E-state index contributed by atoms with van der Waals surface area (Å²) < 4.78 is 37.7. The first-order valence-electron chi connectivity index (χ1n) is 5.07. The Morgan fingerprint density at radius 1 is 1.39 bits per heavy atom. The molecule has 0 radical (unpaired) electrons. The van der Waals surface area contributed by atoms with Gasteiger partial charge >= 0.3 is 6.18 Å². The third-order valence-corrected chi connectivity index (χ3v) is 3.56.